The second-order valence-electron chi connectivity index (χ2n) is 3.88. The number of carbonyl (C=O) groups is 1. The molecule has 0 saturated heterocycles. The van der Waals surface area contributed by atoms with Gasteiger partial charge in [0.1, 0.15) is 6.04 Å². The van der Waals surface area contributed by atoms with Crippen molar-refractivity contribution < 1.29 is 9.90 Å². The summed E-state index contributed by atoms with van der Waals surface area (Å²) in [6.07, 6.45) is 0.953. The van der Waals surface area contributed by atoms with Gasteiger partial charge in [-0.15, -0.1) is 0 Å². The molecule has 1 aliphatic rings. The normalized spacial score (nSPS) is 18.4. The Hall–Kier alpha value is -1.39. The molecule has 1 aromatic carbocycles. The molecule has 0 aromatic heterocycles. The van der Waals surface area contributed by atoms with Crippen molar-refractivity contribution in [3.8, 4) is 0 Å². The van der Waals surface area contributed by atoms with Crippen LogP contribution in [-0.2, 0) is 11.2 Å². The van der Waals surface area contributed by atoms with E-state index in [4.69, 9.17) is 5.11 Å². The van der Waals surface area contributed by atoms with Crippen LogP contribution in [0, 0.1) is 0 Å². The van der Waals surface area contributed by atoms with Gasteiger partial charge in [-0.3, -0.25) is 10.1 Å². The van der Waals surface area contributed by atoms with Crippen LogP contribution >= 0.6 is 0 Å². The highest BCUT2D eigenvalue weighted by molar-refractivity contribution is 6.02. The van der Waals surface area contributed by atoms with Crippen LogP contribution in [0.1, 0.15) is 24.1 Å². The number of carbonyl (C=O) groups excluding carboxylic acids is 1. The number of aliphatic hydroxyl groups excluding tert-OH is 1. The van der Waals surface area contributed by atoms with Gasteiger partial charge in [-0.05, 0) is 18.1 Å². The molecule has 1 amide bonds. The highest BCUT2D eigenvalue weighted by atomic mass is 16.3. The topological polar surface area (TPSA) is 61.4 Å². The third-order valence-corrected chi connectivity index (χ3v) is 2.82. The molecule has 0 spiro atoms. The zero-order valence-corrected chi connectivity index (χ0v) is 9.29. The van der Waals surface area contributed by atoms with Crippen molar-refractivity contribution in [1.29, 1.82) is 0 Å². The molecule has 16 heavy (non-hydrogen) atoms. The van der Waals surface area contributed by atoms with Gasteiger partial charge in [-0.2, -0.15) is 0 Å². The lowest BCUT2D eigenvalue weighted by Gasteiger charge is -2.10. The van der Waals surface area contributed by atoms with Crippen LogP contribution in [0.25, 0.3) is 0 Å². The Morgan fingerprint density at radius 2 is 2.31 bits per heavy atom. The summed E-state index contributed by atoms with van der Waals surface area (Å²) in [5.41, 5.74) is 3.07. The second-order valence-corrected chi connectivity index (χ2v) is 3.88. The minimum Gasteiger partial charge on any atom is -0.395 e. The van der Waals surface area contributed by atoms with Gasteiger partial charge >= 0.3 is 0 Å². The van der Waals surface area contributed by atoms with Crippen molar-refractivity contribution in [2.45, 2.75) is 19.4 Å². The van der Waals surface area contributed by atoms with Crippen LogP contribution in [0.4, 0.5) is 5.69 Å². The molecule has 0 radical (unpaired) electrons. The molecule has 4 heteroatoms. The van der Waals surface area contributed by atoms with Crippen molar-refractivity contribution in [3.05, 3.63) is 29.3 Å². The number of rotatable bonds is 4. The Morgan fingerprint density at radius 1 is 1.50 bits per heavy atom. The van der Waals surface area contributed by atoms with Crippen LogP contribution in [0.2, 0.25) is 0 Å². The van der Waals surface area contributed by atoms with Crippen molar-refractivity contribution in [3.63, 3.8) is 0 Å². The van der Waals surface area contributed by atoms with Gasteiger partial charge in [0.05, 0.1) is 6.61 Å². The number of nitrogens with one attached hydrogen (secondary N) is 2. The number of benzene rings is 1. The van der Waals surface area contributed by atoms with Gasteiger partial charge in [-0.25, -0.2) is 0 Å². The molecule has 1 heterocycles. The van der Waals surface area contributed by atoms with Crippen LogP contribution in [-0.4, -0.2) is 24.2 Å². The van der Waals surface area contributed by atoms with E-state index in [1.54, 1.807) is 0 Å². The molecule has 1 aliphatic heterocycles. The van der Waals surface area contributed by atoms with E-state index in [0.717, 1.165) is 17.7 Å². The number of amides is 1. The molecule has 0 saturated carbocycles. The van der Waals surface area contributed by atoms with Crippen LogP contribution in [0.15, 0.2) is 18.2 Å². The molecule has 2 rings (SSSR count). The lowest BCUT2D eigenvalue weighted by atomic mass is 10.0. The quantitative estimate of drug-likeness (QED) is 0.704. The number of anilines is 1. The zero-order chi connectivity index (χ0) is 11.5. The molecule has 4 nitrogen and oxygen atoms in total. The fraction of sp³-hybridized carbons (Fsp3) is 0.417. The Morgan fingerprint density at radius 3 is 3.00 bits per heavy atom. The SMILES string of the molecule is CCc1ccc2c(c1)C(NCCO)C(=O)N2. The smallest absolute Gasteiger partial charge is 0.246 e. The molecule has 1 atom stereocenters. The van der Waals surface area contributed by atoms with Crippen molar-refractivity contribution >= 4 is 11.6 Å². The largest absolute Gasteiger partial charge is 0.395 e. The lowest BCUT2D eigenvalue weighted by molar-refractivity contribution is -0.117. The Labute approximate surface area is 94.7 Å². The van der Waals surface area contributed by atoms with E-state index in [-0.39, 0.29) is 18.6 Å². The third-order valence-electron chi connectivity index (χ3n) is 2.82. The summed E-state index contributed by atoms with van der Waals surface area (Å²) in [5, 5.41) is 14.6. The maximum atomic E-state index is 11.7. The predicted octanol–water partition coefficient (Wildman–Crippen LogP) is 0.824. The molecule has 1 aromatic rings. The number of fused-ring (bicyclic) bond motifs is 1. The van der Waals surface area contributed by atoms with Crippen LogP contribution in [0.5, 0.6) is 0 Å². The minimum absolute atomic E-state index is 0.0343. The minimum atomic E-state index is -0.325. The maximum Gasteiger partial charge on any atom is 0.246 e. The Balaban J connectivity index is 2.27. The van der Waals surface area contributed by atoms with E-state index in [1.165, 1.54) is 5.56 Å². The Bertz CT molecular complexity index is 404. The molecule has 0 aliphatic carbocycles. The van der Waals surface area contributed by atoms with Gasteiger partial charge in [0.25, 0.3) is 0 Å². The lowest BCUT2D eigenvalue weighted by Crippen LogP contribution is -2.29. The number of aryl methyl sites for hydroxylation is 1. The van der Waals surface area contributed by atoms with Gasteiger partial charge in [0, 0.05) is 17.8 Å². The third kappa shape index (κ3) is 1.94. The molecular weight excluding hydrogens is 204 g/mol. The van der Waals surface area contributed by atoms with Gasteiger partial charge in [-0.1, -0.05) is 19.1 Å². The summed E-state index contributed by atoms with van der Waals surface area (Å²) in [5.74, 6) is -0.0447. The van der Waals surface area contributed by atoms with E-state index in [0.29, 0.717) is 6.54 Å². The standard InChI is InChI=1S/C12H16N2O2/c1-2-8-3-4-10-9(7-8)11(12(16)14-10)13-5-6-15/h3-4,7,11,13,15H,2,5-6H2,1H3,(H,14,16). The number of aliphatic hydroxyl groups is 1. The van der Waals surface area contributed by atoms with Crippen LogP contribution in [0.3, 0.4) is 0 Å². The first-order valence-electron chi connectivity index (χ1n) is 5.54. The monoisotopic (exact) mass is 220 g/mol. The van der Waals surface area contributed by atoms with Gasteiger partial charge in [0.15, 0.2) is 0 Å². The Kier molecular flexibility index (Phi) is 3.22. The second kappa shape index (κ2) is 4.63. The van der Waals surface area contributed by atoms with Crippen LogP contribution < -0.4 is 10.6 Å². The summed E-state index contributed by atoms with van der Waals surface area (Å²) >= 11 is 0. The molecule has 86 valence electrons. The maximum absolute atomic E-state index is 11.7. The first-order valence-corrected chi connectivity index (χ1v) is 5.54. The first-order chi connectivity index (χ1) is 7.76. The van der Waals surface area contributed by atoms with Crippen molar-refractivity contribution in [2.24, 2.45) is 0 Å². The fourth-order valence-corrected chi connectivity index (χ4v) is 1.94. The average molecular weight is 220 g/mol. The fourth-order valence-electron chi connectivity index (χ4n) is 1.94. The van der Waals surface area contributed by atoms with E-state index in [2.05, 4.69) is 17.6 Å². The summed E-state index contributed by atoms with van der Waals surface area (Å²) in [6.45, 7) is 2.54. The molecule has 1 unspecified atom stereocenters. The molecule has 0 fully saturated rings. The van der Waals surface area contributed by atoms with E-state index < -0.39 is 0 Å². The summed E-state index contributed by atoms with van der Waals surface area (Å²) in [7, 11) is 0. The average Bonchev–Trinajstić information content (AvgIpc) is 2.61. The van der Waals surface area contributed by atoms with Crippen molar-refractivity contribution in [1.82, 2.24) is 5.32 Å². The first kappa shape index (κ1) is 11.1. The van der Waals surface area contributed by atoms with Crippen molar-refractivity contribution in [2.75, 3.05) is 18.5 Å². The molecule has 0 bridgehead atoms. The summed E-state index contributed by atoms with van der Waals surface area (Å²) in [4.78, 5) is 11.7. The highest BCUT2D eigenvalue weighted by Gasteiger charge is 2.29. The number of hydrogen-bond donors (Lipinski definition) is 3. The van der Waals surface area contributed by atoms with E-state index in [9.17, 15) is 4.79 Å². The number of hydrogen-bond acceptors (Lipinski definition) is 3. The highest BCUT2D eigenvalue weighted by Crippen LogP contribution is 2.31. The van der Waals surface area contributed by atoms with E-state index in [1.807, 2.05) is 18.2 Å². The van der Waals surface area contributed by atoms with E-state index >= 15 is 0 Å². The zero-order valence-electron chi connectivity index (χ0n) is 9.29. The summed E-state index contributed by atoms with van der Waals surface area (Å²) in [6, 6.07) is 5.68. The van der Waals surface area contributed by atoms with Gasteiger partial charge < -0.3 is 10.4 Å². The molecule has 3 N–H and O–H groups in total. The van der Waals surface area contributed by atoms with Gasteiger partial charge in [0.2, 0.25) is 5.91 Å². The predicted molar refractivity (Wildman–Crippen MR) is 62.3 cm³/mol. The summed E-state index contributed by atoms with van der Waals surface area (Å²) < 4.78 is 0. The molecular formula is C12H16N2O2.